The first-order valence-electron chi connectivity index (χ1n) is 1.90. The highest BCUT2D eigenvalue weighted by Gasteiger charge is 1.77. The van der Waals surface area contributed by atoms with Gasteiger partial charge in [-0.25, -0.2) is 0 Å². The molecule has 0 aliphatic heterocycles. The molecule has 0 nitrogen and oxygen atoms in total. The van der Waals surface area contributed by atoms with Crippen LogP contribution in [0.5, 0.6) is 0 Å². The van der Waals surface area contributed by atoms with Gasteiger partial charge in [-0.1, -0.05) is 6.55 Å². The van der Waals surface area contributed by atoms with E-state index in [1.165, 1.54) is 9.76 Å². The summed E-state index contributed by atoms with van der Waals surface area (Å²) >= 11 is 0. The summed E-state index contributed by atoms with van der Waals surface area (Å²) in [5, 5.41) is 0. The molecule has 0 saturated carbocycles. The van der Waals surface area contributed by atoms with Crippen LogP contribution in [0.25, 0.3) is 0 Å². The second kappa shape index (κ2) is 2.41. The molecule has 0 fully saturated rings. The molecule has 1 unspecified atom stereocenters. The molecular formula is C3H10Si2. The fraction of sp³-hybridized carbons (Fsp3) is 0.333. The Morgan fingerprint density at radius 3 is 2.20 bits per heavy atom. The Balaban J connectivity index is 2.83. The fourth-order valence-electron chi connectivity index (χ4n) is 0. The van der Waals surface area contributed by atoms with Crippen molar-refractivity contribution in [2.24, 2.45) is 0 Å². The van der Waals surface area contributed by atoms with Gasteiger partial charge in [-0.2, -0.15) is 0 Å². The highest BCUT2D eigenvalue weighted by atomic mass is 29.1. The molecule has 0 rings (SSSR count). The SMILES string of the molecule is C=C[SiH](C)[SiH3]. The number of rotatable bonds is 1. The molecule has 0 aliphatic carbocycles. The van der Waals surface area contributed by atoms with Gasteiger partial charge in [0.05, 0.1) is 0 Å². The van der Waals surface area contributed by atoms with Crippen molar-refractivity contribution in [2.45, 2.75) is 6.55 Å². The van der Waals surface area contributed by atoms with Crippen LogP contribution in [0.1, 0.15) is 0 Å². The van der Waals surface area contributed by atoms with Crippen LogP contribution < -0.4 is 0 Å². The summed E-state index contributed by atoms with van der Waals surface area (Å²) < 4.78 is 0. The van der Waals surface area contributed by atoms with Gasteiger partial charge in [-0.05, 0) is 9.76 Å². The average molecular weight is 102 g/mol. The fourth-order valence-corrected chi connectivity index (χ4v) is 0. The minimum Gasteiger partial charge on any atom is -0.109 e. The third-order valence-electron chi connectivity index (χ3n) is 0.471. The zero-order valence-electron chi connectivity index (χ0n) is 3.86. The van der Waals surface area contributed by atoms with E-state index in [-0.39, 0.29) is 8.31 Å². The van der Waals surface area contributed by atoms with E-state index in [0.29, 0.717) is 0 Å². The van der Waals surface area contributed by atoms with Gasteiger partial charge in [0, 0.05) is 8.31 Å². The third-order valence-corrected chi connectivity index (χ3v) is 2.83. The van der Waals surface area contributed by atoms with Gasteiger partial charge in [0.25, 0.3) is 0 Å². The molecule has 0 saturated heterocycles. The van der Waals surface area contributed by atoms with Crippen molar-refractivity contribution in [3.8, 4) is 0 Å². The van der Waals surface area contributed by atoms with Crippen LogP contribution in [0.2, 0.25) is 6.55 Å². The summed E-state index contributed by atoms with van der Waals surface area (Å²) in [4.78, 5) is 0. The Bertz CT molecular complexity index is 31.9. The van der Waals surface area contributed by atoms with Gasteiger partial charge in [0.1, 0.15) is 0 Å². The van der Waals surface area contributed by atoms with Crippen molar-refractivity contribution in [3.05, 3.63) is 12.3 Å². The first-order chi connectivity index (χ1) is 2.27. The molecule has 0 amide bonds. The quantitative estimate of drug-likeness (QED) is 0.389. The first-order valence-corrected chi connectivity index (χ1v) is 8.34. The Morgan fingerprint density at radius 2 is 2.20 bits per heavy atom. The van der Waals surface area contributed by atoms with Gasteiger partial charge >= 0.3 is 0 Å². The van der Waals surface area contributed by atoms with Crippen LogP contribution in [-0.2, 0) is 0 Å². The monoisotopic (exact) mass is 102 g/mol. The normalized spacial score (nSPS) is 14.6. The van der Waals surface area contributed by atoms with Crippen molar-refractivity contribution in [3.63, 3.8) is 0 Å². The molecule has 0 radical (unpaired) electrons. The molecule has 1 atom stereocenters. The molecule has 0 aromatic rings. The van der Waals surface area contributed by atoms with Gasteiger partial charge < -0.3 is 0 Å². The molecule has 0 aromatic heterocycles. The second-order valence-corrected chi connectivity index (χ2v) is 9.90. The Labute approximate surface area is 37.7 Å². The number of hydrogen-bond donors (Lipinski definition) is 0. The lowest BCUT2D eigenvalue weighted by atomic mass is 11.3. The molecular weight excluding hydrogens is 92.2 g/mol. The molecule has 0 N–H and O–H groups in total. The molecule has 0 bridgehead atoms. The lowest BCUT2D eigenvalue weighted by molar-refractivity contribution is 2.23. The zero-order chi connectivity index (χ0) is 4.28. The molecule has 2 heteroatoms. The summed E-state index contributed by atoms with van der Waals surface area (Å²) in [6.07, 6.45) is 0. The van der Waals surface area contributed by atoms with Crippen molar-refractivity contribution in [1.82, 2.24) is 0 Å². The standard InChI is InChI=1S/C3H10Si2/c1-3-5(2)4/h3,5H,1H2,2,4H3. The van der Waals surface area contributed by atoms with E-state index in [2.05, 4.69) is 18.8 Å². The maximum Gasteiger partial charge on any atom is 0.0409 e. The lowest BCUT2D eigenvalue weighted by Crippen LogP contribution is -1.98. The Kier molecular flexibility index (Phi) is 2.50. The van der Waals surface area contributed by atoms with E-state index in [1.54, 1.807) is 0 Å². The van der Waals surface area contributed by atoms with Gasteiger partial charge in [-0.3, -0.25) is 0 Å². The average Bonchev–Trinajstić information content (AvgIpc) is 1.38. The van der Waals surface area contributed by atoms with Crippen LogP contribution in [0.15, 0.2) is 12.3 Å². The molecule has 0 heterocycles. The van der Waals surface area contributed by atoms with E-state index in [0.717, 1.165) is 0 Å². The largest absolute Gasteiger partial charge is 0.109 e. The summed E-state index contributed by atoms with van der Waals surface area (Å²) in [5.41, 5.74) is 2.12. The highest BCUT2D eigenvalue weighted by Crippen LogP contribution is 1.66. The van der Waals surface area contributed by atoms with Gasteiger partial charge in [0.15, 0.2) is 0 Å². The van der Waals surface area contributed by atoms with Gasteiger partial charge in [0.2, 0.25) is 0 Å². The van der Waals surface area contributed by atoms with Crippen LogP contribution in [0, 0.1) is 0 Å². The summed E-state index contributed by atoms with van der Waals surface area (Å²) in [6.45, 7) is 5.96. The van der Waals surface area contributed by atoms with Crippen molar-refractivity contribution in [1.29, 1.82) is 0 Å². The van der Waals surface area contributed by atoms with Crippen LogP contribution in [-0.4, -0.2) is 18.1 Å². The molecule has 5 heavy (non-hydrogen) atoms. The lowest BCUT2D eigenvalue weighted by Gasteiger charge is -1.80. The predicted octanol–water partition coefficient (Wildman–Crippen LogP) is -0.569. The minimum atomic E-state index is -0.247. The highest BCUT2D eigenvalue weighted by molar-refractivity contribution is 7.05. The second-order valence-electron chi connectivity index (χ2n) is 1.48. The van der Waals surface area contributed by atoms with Crippen LogP contribution >= 0.6 is 0 Å². The van der Waals surface area contributed by atoms with E-state index in [9.17, 15) is 0 Å². The third kappa shape index (κ3) is 4.17. The van der Waals surface area contributed by atoms with Gasteiger partial charge in [-0.15, -0.1) is 12.3 Å². The van der Waals surface area contributed by atoms with E-state index in [4.69, 9.17) is 0 Å². The van der Waals surface area contributed by atoms with E-state index in [1.807, 2.05) is 0 Å². The van der Waals surface area contributed by atoms with Crippen molar-refractivity contribution in [2.75, 3.05) is 0 Å². The molecule has 0 aliphatic rings. The van der Waals surface area contributed by atoms with Crippen LogP contribution in [0.3, 0.4) is 0 Å². The maximum absolute atomic E-state index is 3.66. The summed E-state index contributed by atoms with van der Waals surface area (Å²) in [5.74, 6) is 0. The van der Waals surface area contributed by atoms with E-state index < -0.39 is 0 Å². The topological polar surface area (TPSA) is 0 Å². The molecule has 30 valence electrons. The zero-order valence-corrected chi connectivity index (χ0v) is 7.02. The first kappa shape index (κ1) is 5.17. The maximum atomic E-state index is 3.66. The van der Waals surface area contributed by atoms with Crippen molar-refractivity contribution >= 4 is 18.1 Å². The Hall–Kier alpha value is 0.174. The Morgan fingerprint density at radius 1 is 2.00 bits per heavy atom. The minimum absolute atomic E-state index is 0.247. The van der Waals surface area contributed by atoms with Crippen molar-refractivity contribution < 1.29 is 0 Å². The molecule has 0 spiro atoms. The summed E-state index contributed by atoms with van der Waals surface area (Å²) in [7, 11) is 1.14. The molecule has 0 aromatic carbocycles. The summed E-state index contributed by atoms with van der Waals surface area (Å²) in [6, 6.07) is 0. The smallest absolute Gasteiger partial charge is 0.0409 e. The van der Waals surface area contributed by atoms with E-state index >= 15 is 0 Å². The number of hydrogen-bond acceptors (Lipinski definition) is 0. The predicted molar refractivity (Wildman–Crippen MR) is 33.1 cm³/mol. The van der Waals surface area contributed by atoms with Crippen LogP contribution in [0.4, 0.5) is 0 Å².